The Bertz CT molecular complexity index is 572. The van der Waals surface area contributed by atoms with E-state index in [0.717, 1.165) is 20.8 Å². The maximum Gasteiger partial charge on any atom is 3.00 e. The van der Waals surface area contributed by atoms with E-state index in [0.29, 0.717) is 0 Å². The molecule has 1 radical (unpaired) electrons. The Balaban J connectivity index is -0.000000152. The van der Waals surface area contributed by atoms with Crippen LogP contribution in [-0.2, 0) is 69.4 Å². The molecule has 0 spiro atoms. The van der Waals surface area contributed by atoms with E-state index < -0.39 is 71.9 Å². The number of carboxylic acid groups (broad SMARTS) is 3. The first kappa shape index (κ1) is 32.9. The fourth-order valence-corrected chi connectivity index (χ4v) is 0.895. The van der Waals surface area contributed by atoms with Gasteiger partial charge in [-0.25, -0.2) is 0 Å². The zero-order valence-electron chi connectivity index (χ0n) is 15.0. The molecule has 0 N–H and O–H groups in total. The third-order valence-corrected chi connectivity index (χ3v) is 1.91. The van der Waals surface area contributed by atoms with Crippen molar-refractivity contribution in [2.45, 2.75) is 40.0 Å². The van der Waals surface area contributed by atoms with E-state index in [1.165, 1.54) is 0 Å². The Hall–Kier alpha value is -2.69. The monoisotopic (exact) mass is 477 g/mol. The first-order valence-corrected chi connectivity index (χ1v) is 6.82. The van der Waals surface area contributed by atoms with E-state index in [4.69, 9.17) is 0 Å². The molecule has 151 valence electrons. The summed E-state index contributed by atoms with van der Waals surface area (Å²) in [7, 11) is 0. The molecule has 0 amide bonds. The first-order chi connectivity index (χ1) is 12.1. The molecule has 0 saturated carbocycles. The van der Waals surface area contributed by atoms with Crippen molar-refractivity contribution in [3.05, 3.63) is 0 Å². The van der Waals surface area contributed by atoms with Gasteiger partial charge in [-0.2, -0.15) is 0 Å². The molecule has 0 aromatic carbocycles. The predicted molar refractivity (Wildman–Crippen MR) is 75.9 cm³/mol. The van der Waals surface area contributed by atoms with Crippen LogP contribution in [-0.4, -0.2) is 52.6 Å². The van der Waals surface area contributed by atoms with Crippen molar-refractivity contribution in [3.8, 4) is 0 Å². The fourth-order valence-electron chi connectivity index (χ4n) is 0.895. The van der Waals surface area contributed by atoms with Crippen LogP contribution in [0.1, 0.15) is 40.0 Å². The summed E-state index contributed by atoms with van der Waals surface area (Å²) in [5.41, 5.74) is 0. The zero-order valence-corrected chi connectivity index (χ0v) is 17.5. The second kappa shape index (κ2) is 17.7. The van der Waals surface area contributed by atoms with Gasteiger partial charge < -0.3 is 29.7 Å². The van der Waals surface area contributed by atoms with Gasteiger partial charge in [-0.05, 0) is 20.8 Å². The van der Waals surface area contributed by atoms with E-state index in [-0.39, 0.29) is 26.2 Å². The number of ketones is 6. The summed E-state index contributed by atoms with van der Waals surface area (Å²) in [5.74, 6) is -10.3. The number of carboxylic acids is 3. The van der Waals surface area contributed by atoms with Crippen LogP contribution in [0.25, 0.3) is 0 Å². The minimum absolute atomic E-state index is 0. The first-order valence-electron chi connectivity index (χ1n) is 6.82. The maximum atomic E-state index is 10.1. The third kappa shape index (κ3) is 25.6. The molecule has 0 fully saturated rings. The molecule has 0 bridgehead atoms. The van der Waals surface area contributed by atoms with Gasteiger partial charge in [-0.3, -0.25) is 28.8 Å². The van der Waals surface area contributed by atoms with E-state index in [1.807, 2.05) is 0 Å². The Morgan fingerprint density at radius 2 is 0.607 bits per heavy atom. The molecule has 0 aliphatic heterocycles. The number of Topliss-reactive ketones (excluding diaryl/α,β-unsaturated/α-hetero) is 6. The molecule has 0 heterocycles. The van der Waals surface area contributed by atoms with Gasteiger partial charge >= 0.3 is 26.2 Å². The van der Waals surface area contributed by atoms with Crippen molar-refractivity contribution in [1.82, 2.24) is 0 Å². The summed E-state index contributed by atoms with van der Waals surface area (Å²) in [6, 6.07) is 0. The van der Waals surface area contributed by atoms with Gasteiger partial charge in [-0.15, -0.1) is 0 Å². The van der Waals surface area contributed by atoms with Gasteiger partial charge in [0.1, 0.15) is 35.3 Å². The molecule has 0 aliphatic carbocycles. The van der Waals surface area contributed by atoms with Crippen LogP contribution in [0.5, 0.6) is 0 Å². The Morgan fingerprint density at radius 3 is 0.643 bits per heavy atom. The van der Waals surface area contributed by atoms with Gasteiger partial charge in [0.2, 0.25) is 0 Å². The molecule has 0 rings (SSSR count). The molecule has 0 unspecified atom stereocenters. The van der Waals surface area contributed by atoms with E-state index in [2.05, 4.69) is 0 Å². The van der Waals surface area contributed by atoms with Gasteiger partial charge in [0.25, 0.3) is 0 Å². The number of rotatable bonds is 9. The largest absolute Gasteiger partial charge is 3.00 e. The molecule has 0 aliphatic rings. The molecule has 28 heavy (non-hydrogen) atoms. The second-order valence-electron chi connectivity index (χ2n) is 4.77. The van der Waals surface area contributed by atoms with Crippen LogP contribution < -0.4 is 15.3 Å². The third-order valence-electron chi connectivity index (χ3n) is 1.91. The Labute approximate surface area is 177 Å². The van der Waals surface area contributed by atoms with Gasteiger partial charge in [0.15, 0.2) is 17.3 Å². The SMILES string of the molecule is CC(=O)CC(=O)C(=O)[O-].CC(=O)CC(=O)C(=O)[O-].CC(=O)CC(=O)C(=O)[O-].[Zr+3]. The standard InChI is InChI=1S/3C5H6O4.Zr/c3*1-3(6)2-4(7)5(8)9;/h3*2H2,1H3,(H,8,9);/q;;;+3/p-3. The van der Waals surface area contributed by atoms with Crippen molar-refractivity contribution in [1.29, 1.82) is 0 Å². The van der Waals surface area contributed by atoms with Crippen LogP contribution >= 0.6 is 0 Å². The fraction of sp³-hybridized carbons (Fsp3) is 0.400. The summed E-state index contributed by atoms with van der Waals surface area (Å²) < 4.78 is 0. The van der Waals surface area contributed by atoms with Crippen LogP contribution in [0.3, 0.4) is 0 Å². The summed E-state index contributed by atoms with van der Waals surface area (Å²) in [5, 5.41) is 28.9. The van der Waals surface area contributed by atoms with Crippen LogP contribution in [0.15, 0.2) is 0 Å². The smallest absolute Gasteiger partial charge is 0.542 e. The molecule has 0 saturated heterocycles. The van der Waals surface area contributed by atoms with E-state index in [1.54, 1.807) is 0 Å². The molecule has 12 nitrogen and oxygen atoms in total. The molecule has 0 atom stereocenters. The summed E-state index contributed by atoms with van der Waals surface area (Å²) in [6.07, 6.45) is -1.70. The number of carbonyl (C=O) groups is 9. The average molecular weight is 478 g/mol. The van der Waals surface area contributed by atoms with Crippen molar-refractivity contribution in [3.63, 3.8) is 0 Å². The van der Waals surface area contributed by atoms with Crippen LogP contribution in [0.4, 0.5) is 0 Å². The number of hydrogen-bond acceptors (Lipinski definition) is 12. The molecular formula is C15H15O12Zr. The molecular weight excluding hydrogens is 463 g/mol. The van der Waals surface area contributed by atoms with Crippen molar-refractivity contribution >= 4 is 52.6 Å². The van der Waals surface area contributed by atoms with Crippen LogP contribution in [0.2, 0.25) is 0 Å². The molecule has 0 aromatic rings. The Morgan fingerprint density at radius 1 is 0.464 bits per heavy atom. The number of hydrogen-bond donors (Lipinski definition) is 0. The molecule has 13 heteroatoms. The zero-order chi connectivity index (χ0) is 22.3. The minimum atomic E-state index is -1.80. The van der Waals surface area contributed by atoms with E-state index >= 15 is 0 Å². The average Bonchev–Trinajstić information content (AvgIpc) is 2.46. The van der Waals surface area contributed by atoms with Gasteiger partial charge in [0, 0.05) is 0 Å². The summed E-state index contributed by atoms with van der Waals surface area (Å²) in [4.78, 5) is 89.2. The van der Waals surface area contributed by atoms with Crippen LogP contribution in [0, 0.1) is 0 Å². The molecule has 0 aromatic heterocycles. The quantitative estimate of drug-likeness (QED) is 0.224. The van der Waals surface area contributed by atoms with Crippen molar-refractivity contribution in [2.24, 2.45) is 0 Å². The Kier molecular flexibility index (Phi) is 20.8. The van der Waals surface area contributed by atoms with Crippen molar-refractivity contribution in [2.75, 3.05) is 0 Å². The second-order valence-corrected chi connectivity index (χ2v) is 4.77. The summed E-state index contributed by atoms with van der Waals surface area (Å²) >= 11 is 0. The number of aliphatic carboxylic acids is 3. The summed E-state index contributed by atoms with van der Waals surface area (Å²) in [6.45, 7) is 3.42. The minimum Gasteiger partial charge on any atom is -0.542 e. The van der Waals surface area contributed by atoms with Gasteiger partial charge in [-0.1, -0.05) is 0 Å². The topological polar surface area (TPSA) is 223 Å². The van der Waals surface area contributed by atoms with Gasteiger partial charge in [0.05, 0.1) is 19.3 Å². The predicted octanol–water partition coefficient (Wildman–Crippen LogP) is -5.15. The van der Waals surface area contributed by atoms with E-state index in [9.17, 15) is 58.5 Å². The van der Waals surface area contributed by atoms with Crippen molar-refractivity contribution < 1.29 is 84.7 Å². The number of carbonyl (C=O) groups excluding carboxylic acids is 9. The normalized spacial score (nSPS) is 8.25. The maximum absolute atomic E-state index is 10.1.